The van der Waals surface area contributed by atoms with Crippen LogP contribution >= 0.6 is 11.6 Å². The van der Waals surface area contributed by atoms with Crippen molar-refractivity contribution in [3.63, 3.8) is 0 Å². The Bertz CT molecular complexity index is 674. The van der Waals surface area contributed by atoms with Crippen molar-refractivity contribution in [3.8, 4) is 11.5 Å². The molecular formula is C15H15ClN2O3. The maximum Gasteiger partial charge on any atom is 0.257 e. The minimum Gasteiger partial charge on any atom is -0.508 e. The molecule has 4 N–H and O–H groups in total. The zero-order chi connectivity index (χ0) is 15.4. The van der Waals surface area contributed by atoms with Crippen LogP contribution in [0.4, 0.5) is 11.4 Å². The Kier molecular flexibility index (Phi) is 4.55. The molecule has 0 saturated heterocycles. The van der Waals surface area contributed by atoms with Gasteiger partial charge in [0.05, 0.1) is 17.2 Å². The summed E-state index contributed by atoms with van der Waals surface area (Å²) in [4.78, 5) is 12.1. The molecule has 0 aliphatic rings. The molecule has 0 saturated carbocycles. The van der Waals surface area contributed by atoms with Gasteiger partial charge in [0.15, 0.2) is 0 Å². The van der Waals surface area contributed by atoms with Crippen LogP contribution in [0.2, 0.25) is 5.02 Å². The summed E-state index contributed by atoms with van der Waals surface area (Å²) in [5.74, 6) is 0.0942. The van der Waals surface area contributed by atoms with Crippen LogP contribution in [0.25, 0.3) is 0 Å². The number of nitrogen functional groups attached to an aromatic ring is 1. The van der Waals surface area contributed by atoms with Gasteiger partial charge in [-0.3, -0.25) is 4.79 Å². The minimum atomic E-state index is -0.427. The molecule has 0 atom stereocenters. The van der Waals surface area contributed by atoms with Crippen molar-refractivity contribution in [1.29, 1.82) is 0 Å². The molecular weight excluding hydrogens is 292 g/mol. The van der Waals surface area contributed by atoms with E-state index >= 15 is 0 Å². The van der Waals surface area contributed by atoms with E-state index in [-0.39, 0.29) is 17.0 Å². The topological polar surface area (TPSA) is 84.6 Å². The highest BCUT2D eigenvalue weighted by atomic mass is 35.5. The number of nitrogens with two attached hydrogens (primary N) is 1. The fourth-order valence-corrected chi connectivity index (χ4v) is 2.03. The highest BCUT2D eigenvalue weighted by molar-refractivity contribution is 6.32. The number of hydrogen-bond donors (Lipinski definition) is 3. The van der Waals surface area contributed by atoms with E-state index in [2.05, 4.69) is 5.32 Å². The first-order chi connectivity index (χ1) is 10.0. The largest absolute Gasteiger partial charge is 0.508 e. The van der Waals surface area contributed by atoms with Gasteiger partial charge in [0.25, 0.3) is 5.91 Å². The Labute approximate surface area is 127 Å². The molecule has 5 nitrogen and oxygen atoms in total. The highest BCUT2D eigenvalue weighted by Gasteiger charge is 2.12. The molecule has 1 amide bonds. The molecule has 0 fully saturated rings. The molecule has 0 radical (unpaired) electrons. The molecule has 2 aromatic rings. The number of benzene rings is 2. The quantitative estimate of drug-likeness (QED) is 0.598. The summed E-state index contributed by atoms with van der Waals surface area (Å²) in [6, 6.07) is 9.13. The molecule has 2 aromatic carbocycles. The fraction of sp³-hybridized carbons (Fsp3) is 0.133. The van der Waals surface area contributed by atoms with Crippen molar-refractivity contribution in [2.45, 2.75) is 6.92 Å². The Morgan fingerprint density at radius 3 is 2.76 bits per heavy atom. The van der Waals surface area contributed by atoms with E-state index in [0.717, 1.165) is 0 Å². The molecule has 0 spiro atoms. The van der Waals surface area contributed by atoms with E-state index in [0.29, 0.717) is 23.1 Å². The summed E-state index contributed by atoms with van der Waals surface area (Å²) in [7, 11) is 0. The first-order valence-corrected chi connectivity index (χ1v) is 6.71. The van der Waals surface area contributed by atoms with E-state index < -0.39 is 5.91 Å². The number of anilines is 2. The Morgan fingerprint density at radius 2 is 2.10 bits per heavy atom. The number of amides is 1. The van der Waals surface area contributed by atoms with E-state index in [1.165, 1.54) is 18.2 Å². The number of carbonyl (C=O) groups excluding carboxylic acids is 1. The predicted octanol–water partition coefficient (Wildman–Crippen LogP) is 3.28. The number of nitrogens with one attached hydrogen (secondary N) is 1. The van der Waals surface area contributed by atoms with Gasteiger partial charge in [-0.25, -0.2) is 0 Å². The van der Waals surface area contributed by atoms with Crippen LogP contribution in [0, 0.1) is 0 Å². The van der Waals surface area contributed by atoms with E-state index in [1.807, 2.05) is 6.92 Å². The average Bonchev–Trinajstić information content (AvgIpc) is 2.44. The lowest BCUT2D eigenvalue weighted by Crippen LogP contribution is -2.14. The lowest BCUT2D eigenvalue weighted by Gasteiger charge is -2.10. The number of aromatic hydroxyl groups is 1. The van der Waals surface area contributed by atoms with Crippen LogP contribution in [0.5, 0.6) is 11.5 Å². The lowest BCUT2D eigenvalue weighted by atomic mass is 10.1. The van der Waals surface area contributed by atoms with Gasteiger partial charge >= 0.3 is 0 Å². The summed E-state index contributed by atoms with van der Waals surface area (Å²) >= 11 is 6.05. The van der Waals surface area contributed by atoms with Crippen LogP contribution in [0.1, 0.15) is 17.3 Å². The van der Waals surface area contributed by atoms with Crippen molar-refractivity contribution in [3.05, 3.63) is 47.0 Å². The second kappa shape index (κ2) is 6.37. The van der Waals surface area contributed by atoms with Gasteiger partial charge in [-0.2, -0.15) is 0 Å². The van der Waals surface area contributed by atoms with Crippen molar-refractivity contribution in [2.24, 2.45) is 0 Å². The van der Waals surface area contributed by atoms with Gasteiger partial charge in [0.2, 0.25) is 0 Å². The second-order valence-electron chi connectivity index (χ2n) is 4.30. The van der Waals surface area contributed by atoms with E-state index in [4.69, 9.17) is 22.1 Å². The number of halogens is 1. The smallest absolute Gasteiger partial charge is 0.257 e. The first-order valence-electron chi connectivity index (χ1n) is 6.33. The summed E-state index contributed by atoms with van der Waals surface area (Å²) < 4.78 is 5.32. The van der Waals surface area contributed by atoms with Gasteiger partial charge < -0.3 is 20.9 Å². The minimum absolute atomic E-state index is 0.0286. The van der Waals surface area contributed by atoms with Crippen molar-refractivity contribution < 1.29 is 14.6 Å². The van der Waals surface area contributed by atoms with Gasteiger partial charge in [-0.15, -0.1) is 0 Å². The number of hydrogen-bond acceptors (Lipinski definition) is 4. The molecule has 0 aliphatic heterocycles. The van der Waals surface area contributed by atoms with Crippen molar-refractivity contribution in [2.75, 3.05) is 17.7 Å². The standard InChI is InChI=1S/C15H15ClN2O3/c1-2-21-14-6-3-9(7-12(14)16)18-15(20)11-8-10(19)4-5-13(11)17/h3-8,19H,2,17H2,1H3,(H,18,20). The normalized spacial score (nSPS) is 10.2. The van der Waals surface area contributed by atoms with Gasteiger partial charge in [-0.05, 0) is 43.3 Å². The third-order valence-corrected chi connectivity index (χ3v) is 3.07. The average molecular weight is 307 g/mol. The predicted molar refractivity (Wildman–Crippen MR) is 83.1 cm³/mol. The van der Waals surface area contributed by atoms with Gasteiger partial charge in [0.1, 0.15) is 11.5 Å². The summed E-state index contributed by atoms with van der Waals surface area (Å²) in [6.45, 7) is 2.36. The maximum atomic E-state index is 12.1. The molecule has 0 aromatic heterocycles. The van der Waals surface area contributed by atoms with E-state index in [1.54, 1.807) is 18.2 Å². The number of phenols is 1. The molecule has 6 heteroatoms. The van der Waals surface area contributed by atoms with Crippen LogP contribution in [-0.2, 0) is 0 Å². The molecule has 0 heterocycles. The molecule has 0 bridgehead atoms. The van der Waals surface area contributed by atoms with Crippen LogP contribution < -0.4 is 15.8 Å². The van der Waals surface area contributed by atoms with Gasteiger partial charge in [-0.1, -0.05) is 11.6 Å². The Hall–Kier alpha value is -2.40. The molecule has 0 unspecified atom stereocenters. The number of rotatable bonds is 4. The maximum absolute atomic E-state index is 12.1. The summed E-state index contributed by atoms with van der Waals surface area (Å²) in [5, 5.41) is 12.5. The Balaban J connectivity index is 2.19. The van der Waals surface area contributed by atoms with Gasteiger partial charge in [0, 0.05) is 11.4 Å². The highest BCUT2D eigenvalue weighted by Crippen LogP contribution is 2.28. The number of carbonyl (C=O) groups is 1. The van der Waals surface area contributed by atoms with Crippen molar-refractivity contribution in [1.82, 2.24) is 0 Å². The first kappa shape index (κ1) is 15.0. The molecule has 21 heavy (non-hydrogen) atoms. The second-order valence-corrected chi connectivity index (χ2v) is 4.71. The van der Waals surface area contributed by atoms with Crippen LogP contribution in [0.3, 0.4) is 0 Å². The third kappa shape index (κ3) is 3.58. The molecule has 110 valence electrons. The number of ether oxygens (including phenoxy) is 1. The van der Waals surface area contributed by atoms with Crippen LogP contribution in [-0.4, -0.2) is 17.6 Å². The molecule has 2 rings (SSSR count). The zero-order valence-electron chi connectivity index (χ0n) is 11.4. The SMILES string of the molecule is CCOc1ccc(NC(=O)c2cc(O)ccc2N)cc1Cl. The lowest BCUT2D eigenvalue weighted by molar-refractivity contribution is 0.102. The summed E-state index contributed by atoms with van der Waals surface area (Å²) in [6.07, 6.45) is 0. The third-order valence-electron chi connectivity index (χ3n) is 2.77. The van der Waals surface area contributed by atoms with Crippen molar-refractivity contribution >= 4 is 28.9 Å². The Morgan fingerprint density at radius 1 is 1.33 bits per heavy atom. The zero-order valence-corrected chi connectivity index (χ0v) is 12.1. The fourth-order valence-electron chi connectivity index (χ4n) is 1.79. The number of phenolic OH excluding ortho intramolecular Hbond substituents is 1. The van der Waals surface area contributed by atoms with E-state index in [9.17, 15) is 9.90 Å². The monoisotopic (exact) mass is 306 g/mol. The molecule has 0 aliphatic carbocycles. The summed E-state index contributed by atoms with van der Waals surface area (Å²) in [5.41, 5.74) is 6.70. The van der Waals surface area contributed by atoms with Crippen LogP contribution in [0.15, 0.2) is 36.4 Å².